The zero-order valence-electron chi connectivity index (χ0n) is 10.8. The molecular formula is C14H15F3O2. The molecule has 0 N–H and O–H groups in total. The highest BCUT2D eigenvalue weighted by Crippen LogP contribution is 2.42. The molecule has 5 heteroatoms. The van der Waals surface area contributed by atoms with Crippen LogP contribution in [0.1, 0.15) is 32.3 Å². The zero-order valence-corrected chi connectivity index (χ0v) is 10.8. The molecule has 1 aromatic carbocycles. The molecular weight excluding hydrogens is 257 g/mol. The number of Topliss-reactive ketones (excluding diaryl/α,β-unsaturated/α-hetero) is 1. The van der Waals surface area contributed by atoms with E-state index in [4.69, 9.17) is 4.74 Å². The summed E-state index contributed by atoms with van der Waals surface area (Å²) in [5.74, 6) is 0.511. The highest BCUT2D eigenvalue weighted by molar-refractivity contribution is 5.92. The maximum absolute atomic E-state index is 12.4. The summed E-state index contributed by atoms with van der Waals surface area (Å²) in [5.41, 5.74) is -1.22. The summed E-state index contributed by atoms with van der Waals surface area (Å²) in [4.78, 5) is 11.5. The van der Waals surface area contributed by atoms with E-state index in [2.05, 4.69) is 0 Å². The summed E-state index contributed by atoms with van der Waals surface area (Å²) >= 11 is 0. The first-order valence-electron chi connectivity index (χ1n) is 6.14. The molecule has 2 unspecified atom stereocenters. The van der Waals surface area contributed by atoms with Crippen LogP contribution < -0.4 is 4.74 Å². The summed E-state index contributed by atoms with van der Waals surface area (Å²) in [6.45, 7) is 3.73. The molecule has 0 radical (unpaired) electrons. The minimum Gasteiger partial charge on any atom is -0.489 e. The molecule has 2 nitrogen and oxygen atoms in total. The van der Waals surface area contributed by atoms with E-state index in [1.807, 2.05) is 13.8 Å². The molecule has 1 saturated carbocycles. The van der Waals surface area contributed by atoms with Crippen molar-refractivity contribution >= 4 is 5.78 Å². The van der Waals surface area contributed by atoms with Gasteiger partial charge in [-0.3, -0.25) is 4.79 Å². The van der Waals surface area contributed by atoms with E-state index in [0.717, 1.165) is 12.1 Å². The van der Waals surface area contributed by atoms with Gasteiger partial charge in [-0.15, -0.1) is 0 Å². The number of carbonyl (C=O) groups is 1. The van der Waals surface area contributed by atoms with Gasteiger partial charge in [-0.25, -0.2) is 0 Å². The Labute approximate surface area is 109 Å². The maximum Gasteiger partial charge on any atom is 0.416 e. The van der Waals surface area contributed by atoms with E-state index in [1.165, 1.54) is 12.1 Å². The molecule has 1 aliphatic carbocycles. The molecule has 0 amide bonds. The van der Waals surface area contributed by atoms with Crippen LogP contribution in [-0.4, -0.2) is 11.9 Å². The Bertz CT molecular complexity index is 478. The van der Waals surface area contributed by atoms with Gasteiger partial charge < -0.3 is 4.74 Å². The van der Waals surface area contributed by atoms with Crippen molar-refractivity contribution < 1.29 is 22.7 Å². The topological polar surface area (TPSA) is 26.3 Å². The van der Waals surface area contributed by atoms with Crippen molar-refractivity contribution in [3.63, 3.8) is 0 Å². The number of hydrogen-bond acceptors (Lipinski definition) is 2. The van der Waals surface area contributed by atoms with Crippen molar-refractivity contribution in [3.8, 4) is 5.75 Å². The van der Waals surface area contributed by atoms with E-state index in [-0.39, 0.29) is 11.9 Å². The number of halogens is 3. The number of ketones is 1. The Morgan fingerprint density at radius 3 is 2.32 bits per heavy atom. The van der Waals surface area contributed by atoms with E-state index in [0.29, 0.717) is 18.6 Å². The van der Waals surface area contributed by atoms with Gasteiger partial charge in [0.2, 0.25) is 0 Å². The molecule has 0 aliphatic heterocycles. The molecule has 104 valence electrons. The summed E-state index contributed by atoms with van der Waals surface area (Å²) in [6, 6.07) is 4.56. The first-order chi connectivity index (χ1) is 8.77. The highest BCUT2D eigenvalue weighted by Gasteiger charge is 2.51. The van der Waals surface area contributed by atoms with Crippen molar-refractivity contribution in [1.82, 2.24) is 0 Å². The van der Waals surface area contributed by atoms with Crippen LogP contribution in [0.15, 0.2) is 24.3 Å². The van der Waals surface area contributed by atoms with Gasteiger partial charge in [0.25, 0.3) is 0 Å². The number of hydrogen-bond donors (Lipinski definition) is 0. The summed E-state index contributed by atoms with van der Waals surface area (Å²) < 4.78 is 42.8. The molecule has 0 heterocycles. The quantitative estimate of drug-likeness (QED) is 0.835. The van der Waals surface area contributed by atoms with Gasteiger partial charge in [0.15, 0.2) is 0 Å². The number of benzene rings is 1. The number of ether oxygens (including phenoxy) is 1. The first kappa shape index (κ1) is 13.9. The monoisotopic (exact) mass is 272 g/mol. The molecule has 0 bridgehead atoms. The van der Waals surface area contributed by atoms with Crippen molar-refractivity contribution in [2.75, 3.05) is 0 Å². The van der Waals surface area contributed by atoms with Crippen LogP contribution in [0.3, 0.4) is 0 Å². The number of carbonyl (C=O) groups excluding carboxylic acids is 1. The smallest absolute Gasteiger partial charge is 0.416 e. The summed E-state index contributed by atoms with van der Waals surface area (Å²) in [6.07, 6.45) is -3.60. The first-order valence-corrected chi connectivity index (χ1v) is 6.14. The Balaban J connectivity index is 2.07. The number of rotatable bonds is 3. The van der Waals surface area contributed by atoms with Crippen LogP contribution in [0.25, 0.3) is 0 Å². The van der Waals surface area contributed by atoms with Crippen molar-refractivity contribution in [2.24, 2.45) is 5.41 Å². The Kier molecular flexibility index (Phi) is 3.32. The van der Waals surface area contributed by atoms with Gasteiger partial charge in [0.05, 0.1) is 11.0 Å². The number of alkyl halides is 3. The van der Waals surface area contributed by atoms with Crippen molar-refractivity contribution in [2.45, 2.75) is 39.0 Å². The Morgan fingerprint density at radius 1 is 1.32 bits per heavy atom. The molecule has 1 fully saturated rings. The van der Waals surface area contributed by atoms with Crippen LogP contribution in [0.4, 0.5) is 13.2 Å². The fourth-order valence-electron chi connectivity index (χ4n) is 2.16. The molecule has 1 aromatic rings. The lowest BCUT2D eigenvalue weighted by Crippen LogP contribution is -2.54. The van der Waals surface area contributed by atoms with Crippen LogP contribution in [-0.2, 0) is 11.0 Å². The van der Waals surface area contributed by atoms with Crippen LogP contribution >= 0.6 is 0 Å². The van der Waals surface area contributed by atoms with Crippen LogP contribution in [0.2, 0.25) is 0 Å². The van der Waals surface area contributed by atoms with Crippen LogP contribution in [0, 0.1) is 5.41 Å². The van der Waals surface area contributed by atoms with E-state index >= 15 is 0 Å². The van der Waals surface area contributed by atoms with E-state index in [9.17, 15) is 18.0 Å². The Morgan fingerprint density at radius 2 is 1.89 bits per heavy atom. The highest BCUT2D eigenvalue weighted by atomic mass is 19.4. The van der Waals surface area contributed by atoms with Gasteiger partial charge in [0.1, 0.15) is 17.6 Å². The molecule has 19 heavy (non-hydrogen) atoms. The minimum absolute atomic E-state index is 0.145. The SMILES string of the molecule is CCC1(C)C(=O)CC1Oc1ccc(C(F)(F)F)cc1. The van der Waals surface area contributed by atoms with Gasteiger partial charge in [-0.2, -0.15) is 13.2 Å². The standard InChI is InChI=1S/C14H15F3O2/c1-3-13(2)11(18)8-12(13)19-10-6-4-9(5-7-10)14(15,16)17/h4-7,12H,3,8H2,1-2H3. The molecule has 1 aliphatic rings. The van der Waals surface area contributed by atoms with E-state index in [1.54, 1.807) is 0 Å². The van der Waals surface area contributed by atoms with Gasteiger partial charge >= 0.3 is 6.18 Å². The molecule has 2 atom stereocenters. The lowest BCUT2D eigenvalue weighted by molar-refractivity contribution is -0.150. The lowest BCUT2D eigenvalue weighted by atomic mass is 9.64. The lowest BCUT2D eigenvalue weighted by Gasteiger charge is -2.44. The fraction of sp³-hybridized carbons (Fsp3) is 0.500. The normalized spacial score (nSPS) is 27.0. The third-order valence-corrected chi connectivity index (χ3v) is 3.91. The molecule has 0 saturated heterocycles. The predicted molar refractivity (Wildman–Crippen MR) is 63.9 cm³/mol. The fourth-order valence-corrected chi connectivity index (χ4v) is 2.16. The third-order valence-electron chi connectivity index (χ3n) is 3.91. The molecule has 0 aromatic heterocycles. The molecule has 2 rings (SSSR count). The maximum atomic E-state index is 12.4. The van der Waals surface area contributed by atoms with Gasteiger partial charge in [-0.1, -0.05) is 6.92 Å². The predicted octanol–water partition coefficient (Wildman–Crippen LogP) is 3.84. The minimum atomic E-state index is -4.34. The average Bonchev–Trinajstić information content (AvgIpc) is 2.37. The van der Waals surface area contributed by atoms with E-state index < -0.39 is 17.2 Å². The molecule has 0 spiro atoms. The van der Waals surface area contributed by atoms with Crippen molar-refractivity contribution in [1.29, 1.82) is 0 Å². The zero-order chi connectivity index (χ0) is 14.3. The van der Waals surface area contributed by atoms with Gasteiger partial charge in [0, 0.05) is 6.42 Å². The largest absolute Gasteiger partial charge is 0.489 e. The second-order valence-corrected chi connectivity index (χ2v) is 5.03. The van der Waals surface area contributed by atoms with Gasteiger partial charge in [-0.05, 0) is 37.6 Å². The summed E-state index contributed by atoms with van der Waals surface area (Å²) in [5, 5.41) is 0. The van der Waals surface area contributed by atoms with Crippen molar-refractivity contribution in [3.05, 3.63) is 29.8 Å². The Hall–Kier alpha value is -1.52. The second-order valence-electron chi connectivity index (χ2n) is 5.03. The second kappa shape index (κ2) is 4.54. The average molecular weight is 272 g/mol. The summed E-state index contributed by atoms with van der Waals surface area (Å²) in [7, 11) is 0. The van der Waals surface area contributed by atoms with Crippen LogP contribution in [0.5, 0.6) is 5.75 Å². The third kappa shape index (κ3) is 2.46.